The second kappa shape index (κ2) is 15.6. The molecule has 0 aliphatic heterocycles. The summed E-state index contributed by atoms with van der Waals surface area (Å²) < 4.78 is 40.7. The molecule has 0 aliphatic rings. The van der Waals surface area contributed by atoms with Crippen LogP contribution in [0.4, 0.5) is 4.39 Å². The lowest BCUT2D eigenvalue weighted by atomic mass is 9.95. The predicted molar refractivity (Wildman–Crippen MR) is 200 cm³/mol. The molecular weight excluding hydrogens is 701 g/mol. The summed E-state index contributed by atoms with van der Waals surface area (Å²) in [4.78, 5) is 23.6. The number of benzene rings is 3. The van der Waals surface area contributed by atoms with Crippen molar-refractivity contribution in [3.05, 3.63) is 107 Å². The summed E-state index contributed by atoms with van der Waals surface area (Å²) in [5.74, 6) is -0.262. The van der Waals surface area contributed by atoms with Crippen molar-refractivity contribution in [2.24, 2.45) is 0 Å². The third-order valence-corrected chi connectivity index (χ3v) is 9.09. The minimum absolute atomic E-state index is 0.0103. The molecule has 11 nitrogen and oxygen atoms in total. The van der Waals surface area contributed by atoms with E-state index in [-0.39, 0.29) is 30.2 Å². The molecule has 13 heteroatoms. The Bertz CT molecular complexity index is 2230. The number of carboxylic acid groups (broad SMARTS) is 1. The molecule has 6 rings (SSSR count). The quantitative estimate of drug-likeness (QED) is 0.117. The van der Waals surface area contributed by atoms with Gasteiger partial charge in [0.25, 0.3) is 0 Å². The lowest BCUT2D eigenvalue weighted by Crippen LogP contribution is -2.30. The van der Waals surface area contributed by atoms with Crippen molar-refractivity contribution in [1.82, 2.24) is 24.6 Å². The number of para-hydroxylation sites is 1. The first kappa shape index (κ1) is 37.3. The first-order chi connectivity index (χ1) is 25.3. The maximum absolute atomic E-state index is 14.0. The molecule has 1 atom stereocenters. The molecule has 3 heterocycles. The highest BCUT2D eigenvalue weighted by Crippen LogP contribution is 2.47. The lowest BCUT2D eigenvalue weighted by Gasteiger charge is -2.23. The van der Waals surface area contributed by atoms with Crippen molar-refractivity contribution >= 4 is 28.7 Å². The average Bonchev–Trinajstić information content (AvgIpc) is 3.76. The number of rotatable bonds is 14. The molecule has 0 amide bonds. The molecule has 0 spiro atoms. The monoisotopic (exact) mass is 741 g/mol. The minimum Gasteiger partial charge on any atom is -0.491 e. The van der Waals surface area contributed by atoms with Crippen LogP contribution in [0.25, 0.3) is 33.6 Å². The maximum Gasteiger partial charge on any atom is 0.345 e. The predicted octanol–water partition coefficient (Wildman–Crippen LogP) is 8.20. The summed E-state index contributed by atoms with van der Waals surface area (Å²) in [6.45, 7) is 9.36. The highest BCUT2D eigenvalue weighted by Gasteiger charge is 2.29. The zero-order valence-corrected chi connectivity index (χ0v) is 31.1. The maximum atomic E-state index is 14.0. The van der Waals surface area contributed by atoms with Gasteiger partial charge in [0, 0.05) is 30.3 Å². The summed E-state index contributed by atoms with van der Waals surface area (Å²) in [7, 11) is 3.91. The van der Waals surface area contributed by atoms with Crippen LogP contribution in [-0.2, 0) is 23.4 Å². The van der Waals surface area contributed by atoms with Gasteiger partial charge in [0.05, 0.1) is 16.3 Å². The molecule has 1 N–H and O–H groups in total. The molecule has 276 valence electrons. The summed E-state index contributed by atoms with van der Waals surface area (Å²) in [5.41, 5.74) is 3.77. The molecule has 0 saturated heterocycles. The third kappa shape index (κ3) is 8.29. The van der Waals surface area contributed by atoms with Crippen LogP contribution in [0.1, 0.15) is 37.6 Å². The van der Waals surface area contributed by atoms with Gasteiger partial charge in [-0.15, -0.1) is 0 Å². The Labute approximate surface area is 311 Å². The Morgan fingerprint density at radius 2 is 1.77 bits per heavy atom. The fourth-order valence-corrected chi connectivity index (χ4v) is 6.18. The van der Waals surface area contributed by atoms with Crippen molar-refractivity contribution in [3.63, 3.8) is 0 Å². The largest absolute Gasteiger partial charge is 0.491 e. The first-order valence-electron chi connectivity index (χ1n) is 17.1. The van der Waals surface area contributed by atoms with Gasteiger partial charge in [-0.05, 0) is 101 Å². The van der Waals surface area contributed by atoms with Gasteiger partial charge in [0.2, 0.25) is 17.7 Å². The number of carboxylic acids is 1. The van der Waals surface area contributed by atoms with Crippen molar-refractivity contribution in [3.8, 4) is 39.8 Å². The van der Waals surface area contributed by atoms with Gasteiger partial charge < -0.3 is 28.6 Å². The van der Waals surface area contributed by atoms with E-state index in [2.05, 4.69) is 35.8 Å². The Morgan fingerprint density at radius 3 is 2.49 bits per heavy atom. The normalized spacial score (nSPS) is 12.3. The fourth-order valence-electron chi connectivity index (χ4n) is 5.96. The van der Waals surface area contributed by atoms with Crippen molar-refractivity contribution in [2.45, 2.75) is 52.4 Å². The van der Waals surface area contributed by atoms with Crippen LogP contribution in [0.5, 0.6) is 17.4 Å². The van der Waals surface area contributed by atoms with Crippen LogP contribution < -0.4 is 14.2 Å². The van der Waals surface area contributed by atoms with E-state index in [1.807, 2.05) is 54.9 Å². The number of ether oxygens (including phenoxy) is 3. The molecule has 3 aromatic heterocycles. The zero-order chi connectivity index (χ0) is 37.9. The number of aliphatic carboxylic acids is 1. The molecule has 0 aliphatic carbocycles. The standard InChI is InChI=1S/C40H41ClFN5O6/c1-24-29(15-16-31(35(24)41)50-20-19-46(5)6)33-34-37(43-23-44-38(34)53-36(33)25-11-13-27(42)14-12-25)52-32(39(48)49)21-26-9-7-8-10-30(26)51-22-28-17-18-45-47(28)40(2,3)4/h7-18,23,32H,19-22H2,1-6H3,(H,48,49). The number of aromatic nitrogens is 4. The van der Waals surface area contributed by atoms with E-state index < -0.39 is 17.9 Å². The number of nitrogens with zero attached hydrogens (tertiary/aromatic N) is 5. The van der Waals surface area contributed by atoms with Crippen molar-refractivity contribution in [1.29, 1.82) is 0 Å². The second-order valence-corrected chi connectivity index (χ2v) is 14.2. The molecule has 0 radical (unpaired) electrons. The molecule has 3 aromatic carbocycles. The van der Waals surface area contributed by atoms with Crippen molar-refractivity contribution < 1.29 is 32.9 Å². The third-order valence-electron chi connectivity index (χ3n) is 8.62. The number of halogens is 2. The molecule has 0 bridgehead atoms. The number of carbonyl (C=O) groups is 1. The fraction of sp³-hybridized carbons (Fsp3) is 0.300. The number of hydrogen-bond acceptors (Lipinski definition) is 9. The SMILES string of the molecule is Cc1c(-c2c(-c3ccc(F)cc3)oc3ncnc(OC(Cc4ccccc4OCc4ccnn4C(C)(C)C)C(=O)O)c23)ccc(OCCN(C)C)c1Cl. The van der Waals surface area contributed by atoms with E-state index >= 15 is 0 Å². The minimum atomic E-state index is -1.38. The Kier molecular flexibility index (Phi) is 11.0. The highest BCUT2D eigenvalue weighted by atomic mass is 35.5. The molecule has 53 heavy (non-hydrogen) atoms. The van der Waals surface area contributed by atoms with E-state index in [1.165, 1.54) is 18.5 Å². The average molecular weight is 742 g/mol. The van der Waals surface area contributed by atoms with E-state index in [0.717, 1.165) is 5.69 Å². The van der Waals surface area contributed by atoms with Gasteiger partial charge in [-0.25, -0.2) is 19.2 Å². The van der Waals surface area contributed by atoms with Crippen LogP contribution in [0.2, 0.25) is 5.02 Å². The van der Waals surface area contributed by atoms with E-state index in [0.29, 0.717) is 68.6 Å². The zero-order valence-electron chi connectivity index (χ0n) is 30.4. The Balaban J connectivity index is 1.38. The lowest BCUT2D eigenvalue weighted by molar-refractivity contribution is -0.145. The highest BCUT2D eigenvalue weighted by molar-refractivity contribution is 6.33. The summed E-state index contributed by atoms with van der Waals surface area (Å²) in [5, 5.41) is 15.6. The van der Waals surface area contributed by atoms with Crippen molar-refractivity contribution in [2.75, 3.05) is 27.2 Å². The van der Waals surface area contributed by atoms with Gasteiger partial charge in [-0.1, -0.05) is 35.9 Å². The van der Waals surface area contributed by atoms with Crippen LogP contribution in [0, 0.1) is 12.7 Å². The van der Waals surface area contributed by atoms with Crippen LogP contribution in [-0.4, -0.2) is 69.1 Å². The van der Waals surface area contributed by atoms with Gasteiger partial charge in [-0.2, -0.15) is 5.10 Å². The molecule has 1 unspecified atom stereocenters. The Hall–Kier alpha value is -5.46. The first-order valence-corrected chi connectivity index (χ1v) is 17.4. The number of hydrogen-bond donors (Lipinski definition) is 1. The van der Waals surface area contributed by atoms with Crippen LogP contribution in [0.3, 0.4) is 0 Å². The van der Waals surface area contributed by atoms with E-state index in [4.69, 9.17) is 30.2 Å². The summed E-state index contributed by atoms with van der Waals surface area (Å²) in [6.07, 6.45) is 1.54. The smallest absolute Gasteiger partial charge is 0.345 e. The number of fused-ring (bicyclic) bond motifs is 1. The van der Waals surface area contributed by atoms with Gasteiger partial charge in [0.15, 0.2) is 0 Å². The van der Waals surface area contributed by atoms with Crippen LogP contribution in [0.15, 0.2) is 83.7 Å². The van der Waals surface area contributed by atoms with Gasteiger partial charge in [0.1, 0.15) is 48.0 Å². The number of furan rings is 1. The summed E-state index contributed by atoms with van der Waals surface area (Å²) >= 11 is 6.89. The van der Waals surface area contributed by atoms with Crippen LogP contribution >= 0.6 is 11.6 Å². The second-order valence-electron chi connectivity index (χ2n) is 13.8. The molecule has 6 aromatic rings. The molecule has 0 saturated carbocycles. The topological polar surface area (TPSA) is 125 Å². The van der Waals surface area contributed by atoms with Gasteiger partial charge in [-0.3, -0.25) is 4.68 Å². The van der Waals surface area contributed by atoms with Gasteiger partial charge >= 0.3 is 5.97 Å². The van der Waals surface area contributed by atoms with E-state index in [1.54, 1.807) is 36.5 Å². The van der Waals surface area contributed by atoms with E-state index in [9.17, 15) is 14.3 Å². The molecule has 0 fully saturated rings. The Morgan fingerprint density at radius 1 is 1.02 bits per heavy atom. The summed E-state index contributed by atoms with van der Waals surface area (Å²) in [6, 6.07) is 18.6. The number of likely N-dealkylation sites (N-methyl/N-ethyl adjacent to an activating group) is 1. The molecular formula is C40H41ClFN5O6.